The average Bonchev–Trinajstić information content (AvgIpc) is 3.24. The topological polar surface area (TPSA) is 90.5 Å². The molecular weight excluding hydrogens is 394 g/mol. The number of nitrogens with zero attached hydrogens (tertiary/aromatic N) is 4. The zero-order chi connectivity index (χ0) is 21.8. The molecule has 1 aromatic carbocycles. The zero-order valence-corrected chi connectivity index (χ0v) is 17.9. The molecule has 1 aliphatic carbocycles. The molecule has 1 N–H and O–H groups in total. The minimum absolute atomic E-state index is 0.113. The van der Waals surface area contributed by atoms with E-state index in [-0.39, 0.29) is 18.0 Å². The number of aryl methyl sites for hydroxylation is 1. The van der Waals surface area contributed by atoms with Crippen molar-refractivity contribution < 1.29 is 9.53 Å². The third kappa shape index (κ3) is 4.68. The minimum atomic E-state index is -0.344. The Morgan fingerprint density at radius 3 is 2.71 bits per heavy atom. The molecule has 0 atom stereocenters. The maximum absolute atomic E-state index is 12.9. The number of hydrogen-bond acceptors (Lipinski definition) is 5. The van der Waals surface area contributed by atoms with Crippen LogP contribution in [0.15, 0.2) is 46.8 Å². The number of fused-ring (bicyclic) bond motifs is 1. The van der Waals surface area contributed by atoms with Gasteiger partial charge in [0.15, 0.2) is 0 Å². The van der Waals surface area contributed by atoms with Crippen LogP contribution in [0.1, 0.15) is 37.9 Å². The van der Waals surface area contributed by atoms with E-state index in [1.54, 1.807) is 20.1 Å². The van der Waals surface area contributed by atoms with Crippen molar-refractivity contribution >= 4 is 11.4 Å². The second kappa shape index (κ2) is 9.16. The fraction of sp³-hybridized carbons (Fsp3) is 0.391. The summed E-state index contributed by atoms with van der Waals surface area (Å²) < 4.78 is 7.91. The molecular formula is C23H27N5O3. The van der Waals surface area contributed by atoms with Crippen LogP contribution >= 0.6 is 0 Å². The number of carbonyl (C=O) groups excluding carboxylic acids is 1. The Labute approximate surface area is 180 Å². The van der Waals surface area contributed by atoms with Gasteiger partial charge in [0.2, 0.25) is 5.91 Å². The van der Waals surface area contributed by atoms with Crippen LogP contribution in [0.5, 0.6) is 5.75 Å². The predicted octanol–water partition coefficient (Wildman–Crippen LogP) is 2.88. The van der Waals surface area contributed by atoms with Crippen LogP contribution in [0.4, 0.5) is 0 Å². The van der Waals surface area contributed by atoms with Gasteiger partial charge in [-0.2, -0.15) is 10.2 Å². The molecule has 0 spiro atoms. The third-order valence-electron chi connectivity index (χ3n) is 5.57. The quantitative estimate of drug-likeness (QED) is 0.593. The number of methoxy groups -OCH3 is 1. The molecule has 0 bridgehead atoms. The lowest BCUT2D eigenvalue weighted by Crippen LogP contribution is -2.35. The lowest BCUT2D eigenvalue weighted by Gasteiger charge is -2.13. The summed E-state index contributed by atoms with van der Waals surface area (Å²) in [7, 11) is 1.61. The Balaban J connectivity index is 1.49. The second-order valence-electron chi connectivity index (χ2n) is 7.77. The van der Waals surface area contributed by atoms with Crippen molar-refractivity contribution in [2.45, 2.75) is 45.6 Å². The summed E-state index contributed by atoms with van der Waals surface area (Å²) in [5.41, 5.74) is 2.98. The Bertz CT molecular complexity index is 1170. The fourth-order valence-electron chi connectivity index (χ4n) is 3.87. The largest absolute Gasteiger partial charge is 0.497 e. The van der Waals surface area contributed by atoms with Crippen molar-refractivity contribution in [3.8, 4) is 17.0 Å². The molecule has 0 saturated heterocycles. The van der Waals surface area contributed by atoms with E-state index < -0.39 is 0 Å². The molecule has 0 aliphatic heterocycles. The molecule has 0 radical (unpaired) electrons. The van der Waals surface area contributed by atoms with Gasteiger partial charge in [0.1, 0.15) is 23.6 Å². The molecule has 31 heavy (non-hydrogen) atoms. The summed E-state index contributed by atoms with van der Waals surface area (Å²) >= 11 is 0. The van der Waals surface area contributed by atoms with E-state index in [1.165, 1.54) is 27.6 Å². The smallest absolute Gasteiger partial charge is 0.293 e. The van der Waals surface area contributed by atoms with E-state index >= 15 is 0 Å². The Morgan fingerprint density at radius 2 is 2.00 bits per heavy atom. The highest BCUT2D eigenvalue weighted by Crippen LogP contribution is 2.22. The number of nitrogens with one attached hydrogen (secondary N) is 1. The van der Waals surface area contributed by atoms with Crippen LogP contribution in [-0.2, 0) is 11.3 Å². The van der Waals surface area contributed by atoms with Gasteiger partial charge >= 0.3 is 0 Å². The van der Waals surface area contributed by atoms with Crippen molar-refractivity contribution in [3.05, 3.63) is 58.2 Å². The molecule has 162 valence electrons. The molecule has 3 aromatic rings. The minimum Gasteiger partial charge on any atom is -0.497 e. The highest BCUT2D eigenvalue weighted by atomic mass is 16.5. The number of benzene rings is 1. The van der Waals surface area contributed by atoms with Crippen LogP contribution in [-0.4, -0.2) is 39.0 Å². The highest BCUT2D eigenvalue weighted by Gasteiger charge is 2.15. The third-order valence-corrected chi connectivity index (χ3v) is 5.57. The summed E-state index contributed by atoms with van der Waals surface area (Å²) in [6.07, 6.45) is 7.86. The van der Waals surface area contributed by atoms with Crippen molar-refractivity contribution in [2.24, 2.45) is 0 Å². The second-order valence-corrected chi connectivity index (χ2v) is 7.77. The van der Waals surface area contributed by atoms with E-state index in [9.17, 15) is 9.59 Å². The van der Waals surface area contributed by atoms with Crippen LogP contribution < -0.4 is 15.6 Å². The van der Waals surface area contributed by atoms with Gasteiger partial charge in [-0.25, -0.2) is 9.20 Å². The van der Waals surface area contributed by atoms with Gasteiger partial charge in [-0.05, 0) is 69.4 Å². The zero-order valence-electron chi connectivity index (χ0n) is 17.9. The van der Waals surface area contributed by atoms with E-state index in [0.29, 0.717) is 23.6 Å². The Hall–Kier alpha value is -3.42. The predicted molar refractivity (Wildman–Crippen MR) is 118 cm³/mol. The number of allylic oxidation sites excluding steroid dienone is 1. The van der Waals surface area contributed by atoms with Gasteiger partial charge in [0.05, 0.1) is 12.8 Å². The van der Waals surface area contributed by atoms with Crippen molar-refractivity contribution in [1.82, 2.24) is 24.7 Å². The average molecular weight is 422 g/mol. The number of amides is 1. The first kappa shape index (κ1) is 20.8. The summed E-state index contributed by atoms with van der Waals surface area (Å²) in [6, 6.07) is 9.18. The van der Waals surface area contributed by atoms with Crippen LogP contribution in [0.2, 0.25) is 0 Å². The maximum Gasteiger partial charge on any atom is 0.293 e. The molecule has 0 saturated carbocycles. The molecule has 1 aliphatic rings. The molecule has 2 aromatic heterocycles. The number of carbonyl (C=O) groups is 1. The van der Waals surface area contributed by atoms with Crippen LogP contribution in [0.3, 0.4) is 0 Å². The Morgan fingerprint density at radius 1 is 1.19 bits per heavy atom. The van der Waals surface area contributed by atoms with Gasteiger partial charge in [-0.1, -0.05) is 11.6 Å². The van der Waals surface area contributed by atoms with Crippen molar-refractivity contribution in [1.29, 1.82) is 0 Å². The maximum atomic E-state index is 12.9. The lowest BCUT2D eigenvalue weighted by molar-refractivity contribution is -0.121. The fourth-order valence-corrected chi connectivity index (χ4v) is 3.87. The van der Waals surface area contributed by atoms with Crippen molar-refractivity contribution in [3.63, 3.8) is 0 Å². The first-order valence-electron chi connectivity index (χ1n) is 10.6. The summed E-state index contributed by atoms with van der Waals surface area (Å²) in [5.74, 6) is 1.07. The van der Waals surface area contributed by atoms with Gasteiger partial charge in [-0.3, -0.25) is 9.59 Å². The Kier molecular flexibility index (Phi) is 6.16. The van der Waals surface area contributed by atoms with Gasteiger partial charge in [0, 0.05) is 12.1 Å². The van der Waals surface area contributed by atoms with Crippen LogP contribution in [0.25, 0.3) is 16.8 Å². The standard InChI is InChI=1S/C23H27N5O3/c1-16-25-27(15-22(29)24-13-12-17-6-4-3-5-7-17)23(30)21-14-20(26-28(16)21)18-8-10-19(31-2)11-9-18/h6,8-11,14H,3-5,7,12-13,15H2,1-2H3,(H,24,29). The van der Waals surface area contributed by atoms with E-state index in [2.05, 4.69) is 21.6 Å². The number of ether oxygens (including phenoxy) is 1. The lowest BCUT2D eigenvalue weighted by atomic mass is 9.97. The molecule has 2 heterocycles. The summed E-state index contributed by atoms with van der Waals surface area (Å²) in [4.78, 5) is 25.3. The van der Waals surface area contributed by atoms with Gasteiger partial charge < -0.3 is 10.1 Å². The van der Waals surface area contributed by atoms with Gasteiger partial charge in [-0.15, -0.1) is 0 Å². The van der Waals surface area contributed by atoms with Crippen LogP contribution in [0, 0.1) is 6.92 Å². The van der Waals surface area contributed by atoms with E-state index in [4.69, 9.17) is 4.74 Å². The number of hydrogen-bond donors (Lipinski definition) is 1. The molecule has 8 nitrogen and oxygen atoms in total. The SMILES string of the molecule is COc1ccc(-c2cc3c(=O)n(CC(=O)NCCC4=CCCCC4)nc(C)n3n2)cc1. The van der Waals surface area contributed by atoms with Gasteiger partial charge in [0.25, 0.3) is 5.56 Å². The molecule has 4 rings (SSSR count). The van der Waals surface area contributed by atoms with E-state index in [0.717, 1.165) is 30.6 Å². The first-order valence-corrected chi connectivity index (χ1v) is 10.6. The summed E-state index contributed by atoms with van der Waals surface area (Å²) in [5, 5.41) is 11.7. The monoisotopic (exact) mass is 421 g/mol. The highest BCUT2D eigenvalue weighted by molar-refractivity contribution is 5.75. The van der Waals surface area contributed by atoms with Crippen molar-refractivity contribution in [2.75, 3.05) is 13.7 Å². The number of aromatic nitrogens is 4. The molecule has 0 unspecified atom stereocenters. The first-order chi connectivity index (χ1) is 15.0. The van der Waals surface area contributed by atoms with E-state index in [1.807, 2.05) is 24.3 Å². The summed E-state index contributed by atoms with van der Waals surface area (Å²) in [6.45, 7) is 2.23. The number of rotatable bonds is 7. The normalized spacial score (nSPS) is 13.8. The molecule has 8 heteroatoms. The molecule has 1 amide bonds. The molecule has 0 fully saturated rings.